The average molecular weight is 255 g/mol. The van der Waals surface area contributed by atoms with Crippen molar-refractivity contribution in [3.05, 3.63) is 0 Å². The van der Waals surface area contributed by atoms with Crippen LogP contribution < -0.4 is 16.4 Å². The molecule has 1 saturated heterocycles. The first kappa shape index (κ1) is 13.6. The lowest BCUT2D eigenvalue weighted by Crippen LogP contribution is -2.56. The molecule has 0 aromatic rings. The number of amides is 2. The summed E-state index contributed by atoms with van der Waals surface area (Å²) in [5.74, 6) is 0. The van der Waals surface area contributed by atoms with Gasteiger partial charge in [-0.2, -0.15) is 0 Å². The number of ether oxygens (including phenoxy) is 1. The van der Waals surface area contributed by atoms with Crippen LogP contribution in [0.25, 0.3) is 0 Å². The Morgan fingerprint density at radius 1 is 1.28 bits per heavy atom. The molecule has 1 saturated carbocycles. The van der Waals surface area contributed by atoms with E-state index in [1.165, 1.54) is 19.3 Å². The summed E-state index contributed by atoms with van der Waals surface area (Å²) >= 11 is 0. The molecule has 0 spiro atoms. The highest BCUT2D eigenvalue weighted by Crippen LogP contribution is 2.27. The Hall–Kier alpha value is -0.810. The van der Waals surface area contributed by atoms with Crippen LogP contribution in [-0.4, -0.2) is 37.4 Å². The number of hydrogen-bond acceptors (Lipinski definition) is 3. The van der Waals surface area contributed by atoms with Crippen molar-refractivity contribution in [3.63, 3.8) is 0 Å². The summed E-state index contributed by atoms with van der Waals surface area (Å²) in [6.45, 7) is 2.12. The maximum atomic E-state index is 11.6. The molecule has 0 bridgehead atoms. The van der Waals surface area contributed by atoms with Crippen LogP contribution >= 0.6 is 0 Å². The minimum absolute atomic E-state index is 0.109. The largest absolute Gasteiger partial charge is 0.378 e. The van der Waals surface area contributed by atoms with Gasteiger partial charge in [-0.3, -0.25) is 0 Å². The minimum Gasteiger partial charge on any atom is -0.378 e. The van der Waals surface area contributed by atoms with Crippen molar-refractivity contribution in [3.8, 4) is 0 Å². The zero-order valence-corrected chi connectivity index (χ0v) is 11.0. The van der Waals surface area contributed by atoms with Gasteiger partial charge >= 0.3 is 6.03 Å². The van der Waals surface area contributed by atoms with Crippen LogP contribution in [0.4, 0.5) is 4.79 Å². The van der Waals surface area contributed by atoms with Gasteiger partial charge in [0, 0.05) is 25.2 Å². The van der Waals surface area contributed by atoms with Crippen LogP contribution in [0.15, 0.2) is 0 Å². The molecule has 2 aliphatic rings. The quantitative estimate of drug-likeness (QED) is 0.689. The van der Waals surface area contributed by atoms with Crippen molar-refractivity contribution >= 4 is 6.03 Å². The first-order valence-electron chi connectivity index (χ1n) is 7.10. The summed E-state index contributed by atoms with van der Waals surface area (Å²) in [4.78, 5) is 11.6. The van der Waals surface area contributed by atoms with E-state index in [9.17, 15) is 4.79 Å². The standard InChI is InChI=1S/C13H25N3O2/c14-13(6-3-7-13)10-16-12(17)15-8-5-11-4-1-2-9-18-11/h11H,1-10,14H2,(H2,15,16,17). The Morgan fingerprint density at radius 3 is 2.72 bits per heavy atom. The topological polar surface area (TPSA) is 76.4 Å². The Bertz CT molecular complexity index is 273. The summed E-state index contributed by atoms with van der Waals surface area (Å²) in [5.41, 5.74) is 5.89. The van der Waals surface area contributed by atoms with Gasteiger partial charge in [-0.05, 0) is 44.9 Å². The number of urea groups is 1. The second kappa shape index (κ2) is 6.38. The molecule has 2 fully saturated rings. The normalized spacial score (nSPS) is 26.2. The molecule has 1 aliphatic carbocycles. The first-order chi connectivity index (χ1) is 8.68. The molecule has 2 rings (SSSR count). The Morgan fingerprint density at radius 2 is 2.11 bits per heavy atom. The van der Waals surface area contributed by atoms with E-state index in [2.05, 4.69) is 10.6 Å². The van der Waals surface area contributed by atoms with E-state index in [1.807, 2.05) is 0 Å². The summed E-state index contributed by atoms with van der Waals surface area (Å²) in [7, 11) is 0. The maximum Gasteiger partial charge on any atom is 0.314 e. The molecule has 0 radical (unpaired) electrons. The number of carbonyl (C=O) groups excluding carboxylic acids is 1. The molecule has 2 amide bonds. The molecule has 104 valence electrons. The number of nitrogens with one attached hydrogen (secondary N) is 2. The van der Waals surface area contributed by atoms with E-state index in [-0.39, 0.29) is 11.6 Å². The van der Waals surface area contributed by atoms with Gasteiger partial charge < -0.3 is 21.1 Å². The summed E-state index contributed by atoms with van der Waals surface area (Å²) in [5, 5.41) is 5.71. The molecule has 1 aliphatic heterocycles. The maximum absolute atomic E-state index is 11.6. The van der Waals surface area contributed by atoms with Crippen LogP contribution in [0, 0.1) is 0 Å². The first-order valence-corrected chi connectivity index (χ1v) is 7.10. The second-order valence-electron chi connectivity index (χ2n) is 5.60. The molecule has 5 nitrogen and oxygen atoms in total. The van der Waals surface area contributed by atoms with E-state index in [4.69, 9.17) is 10.5 Å². The summed E-state index contributed by atoms with van der Waals surface area (Å²) in [6, 6.07) is -0.109. The molecule has 0 aromatic heterocycles. The van der Waals surface area contributed by atoms with E-state index in [0.717, 1.165) is 32.3 Å². The second-order valence-corrected chi connectivity index (χ2v) is 5.60. The van der Waals surface area contributed by atoms with E-state index in [1.54, 1.807) is 0 Å². The van der Waals surface area contributed by atoms with E-state index >= 15 is 0 Å². The van der Waals surface area contributed by atoms with Gasteiger partial charge in [0.05, 0.1) is 6.10 Å². The van der Waals surface area contributed by atoms with Crippen molar-refractivity contribution < 1.29 is 9.53 Å². The van der Waals surface area contributed by atoms with Crippen molar-refractivity contribution in [2.45, 2.75) is 56.6 Å². The van der Waals surface area contributed by atoms with Crippen molar-refractivity contribution in [2.24, 2.45) is 5.73 Å². The van der Waals surface area contributed by atoms with Crippen LogP contribution in [0.2, 0.25) is 0 Å². The average Bonchev–Trinajstić information content (AvgIpc) is 2.35. The lowest BCUT2D eigenvalue weighted by molar-refractivity contribution is 0.0120. The molecule has 4 N–H and O–H groups in total. The van der Waals surface area contributed by atoms with Gasteiger partial charge in [0.1, 0.15) is 0 Å². The van der Waals surface area contributed by atoms with Gasteiger partial charge in [0.25, 0.3) is 0 Å². The number of nitrogens with two attached hydrogens (primary N) is 1. The Kier molecular flexibility index (Phi) is 4.83. The Labute approximate surface area is 109 Å². The van der Waals surface area contributed by atoms with Crippen molar-refractivity contribution in [2.75, 3.05) is 19.7 Å². The molecule has 1 atom stereocenters. The predicted octanol–water partition coefficient (Wildman–Crippen LogP) is 1.13. The van der Waals surface area contributed by atoms with Gasteiger partial charge in [-0.15, -0.1) is 0 Å². The summed E-state index contributed by atoms with van der Waals surface area (Å²) < 4.78 is 5.61. The van der Waals surface area contributed by atoms with Crippen LogP contribution in [-0.2, 0) is 4.74 Å². The zero-order valence-electron chi connectivity index (χ0n) is 11.0. The van der Waals surface area contributed by atoms with Gasteiger partial charge in [0.2, 0.25) is 0 Å². The van der Waals surface area contributed by atoms with Gasteiger partial charge in [-0.1, -0.05) is 0 Å². The molecule has 5 heteroatoms. The van der Waals surface area contributed by atoms with Gasteiger partial charge in [-0.25, -0.2) is 4.79 Å². The third-order valence-electron chi connectivity index (χ3n) is 3.98. The lowest BCUT2D eigenvalue weighted by Gasteiger charge is -2.38. The summed E-state index contributed by atoms with van der Waals surface area (Å²) in [6.07, 6.45) is 7.98. The number of carbonyl (C=O) groups is 1. The molecule has 1 unspecified atom stereocenters. The molecule has 18 heavy (non-hydrogen) atoms. The highest BCUT2D eigenvalue weighted by molar-refractivity contribution is 5.73. The van der Waals surface area contributed by atoms with Crippen molar-refractivity contribution in [1.82, 2.24) is 10.6 Å². The fourth-order valence-electron chi connectivity index (χ4n) is 2.51. The van der Waals surface area contributed by atoms with Gasteiger partial charge in [0.15, 0.2) is 0 Å². The Balaban J connectivity index is 1.51. The third-order valence-corrected chi connectivity index (χ3v) is 3.98. The van der Waals surface area contributed by atoms with E-state index < -0.39 is 0 Å². The minimum atomic E-state index is -0.149. The van der Waals surface area contributed by atoms with Crippen molar-refractivity contribution in [1.29, 1.82) is 0 Å². The molecule has 0 aromatic carbocycles. The SMILES string of the molecule is NC1(CNC(=O)NCCC2CCCCO2)CCC1. The predicted molar refractivity (Wildman–Crippen MR) is 70.4 cm³/mol. The van der Waals surface area contributed by atoms with E-state index in [0.29, 0.717) is 19.2 Å². The number of hydrogen-bond donors (Lipinski definition) is 3. The molecular formula is C13H25N3O2. The third kappa shape index (κ3) is 4.14. The van der Waals surface area contributed by atoms with Crippen LogP contribution in [0.1, 0.15) is 44.9 Å². The lowest BCUT2D eigenvalue weighted by atomic mass is 9.78. The zero-order chi connectivity index (χ0) is 12.8. The molecular weight excluding hydrogens is 230 g/mol. The highest BCUT2D eigenvalue weighted by Gasteiger charge is 2.32. The highest BCUT2D eigenvalue weighted by atomic mass is 16.5. The van der Waals surface area contributed by atoms with Crippen LogP contribution in [0.5, 0.6) is 0 Å². The molecule has 1 heterocycles. The van der Waals surface area contributed by atoms with Crippen LogP contribution in [0.3, 0.4) is 0 Å². The monoisotopic (exact) mass is 255 g/mol. The number of rotatable bonds is 5. The fourth-order valence-corrected chi connectivity index (χ4v) is 2.51. The fraction of sp³-hybridized carbons (Fsp3) is 0.923. The smallest absolute Gasteiger partial charge is 0.314 e.